The Hall–Kier alpha value is -0.860. The van der Waals surface area contributed by atoms with E-state index in [1.807, 2.05) is 0 Å². The van der Waals surface area contributed by atoms with Crippen LogP contribution in [-0.4, -0.2) is 30.6 Å². The first-order valence-corrected chi connectivity index (χ1v) is 7.23. The predicted octanol–water partition coefficient (Wildman–Crippen LogP) is 3.07. The second kappa shape index (κ2) is 6.35. The predicted molar refractivity (Wildman–Crippen MR) is 77.7 cm³/mol. The second-order valence-corrected chi connectivity index (χ2v) is 5.78. The van der Waals surface area contributed by atoms with Crippen molar-refractivity contribution in [2.45, 2.75) is 39.3 Å². The van der Waals surface area contributed by atoms with E-state index in [0.717, 1.165) is 19.0 Å². The third-order valence-corrected chi connectivity index (χ3v) is 3.81. The standard InChI is InChI=1S/C16H26N2/c1-4-15-10-17-16(12-18(15)11-13(2)3)14-8-6-5-7-9-14/h5-9,13,15-17H,4,10-12H2,1-3H3. The highest BCUT2D eigenvalue weighted by molar-refractivity contribution is 5.20. The molecule has 2 heteroatoms. The van der Waals surface area contributed by atoms with Crippen molar-refractivity contribution in [1.29, 1.82) is 0 Å². The number of nitrogens with one attached hydrogen (secondary N) is 1. The minimum absolute atomic E-state index is 0.493. The lowest BCUT2D eigenvalue weighted by Gasteiger charge is -2.41. The molecule has 0 aliphatic carbocycles. The summed E-state index contributed by atoms with van der Waals surface area (Å²) in [6, 6.07) is 12.0. The Morgan fingerprint density at radius 1 is 1.28 bits per heavy atom. The number of benzene rings is 1. The Kier molecular flexibility index (Phi) is 4.79. The molecule has 1 aromatic carbocycles. The third-order valence-electron chi connectivity index (χ3n) is 3.81. The molecule has 0 radical (unpaired) electrons. The summed E-state index contributed by atoms with van der Waals surface area (Å²) in [6.45, 7) is 10.4. The Balaban J connectivity index is 2.04. The van der Waals surface area contributed by atoms with Gasteiger partial charge in [0.05, 0.1) is 0 Å². The van der Waals surface area contributed by atoms with Crippen molar-refractivity contribution in [1.82, 2.24) is 10.2 Å². The highest BCUT2D eigenvalue weighted by Crippen LogP contribution is 2.21. The van der Waals surface area contributed by atoms with Crippen molar-refractivity contribution >= 4 is 0 Å². The topological polar surface area (TPSA) is 15.3 Å². The lowest BCUT2D eigenvalue weighted by Crippen LogP contribution is -2.53. The SMILES string of the molecule is CCC1CNC(c2ccccc2)CN1CC(C)C. The summed E-state index contributed by atoms with van der Waals surface area (Å²) in [6.07, 6.45) is 1.24. The van der Waals surface area contributed by atoms with Crippen LogP contribution in [0, 0.1) is 5.92 Å². The summed E-state index contributed by atoms with van der Waals surface area (Å²) in [7, 11) is 0. The molecule has 100 valence electrons. The van der Waals surface area contributed by atoms with E-state index in [1.54, 1.807) is 0 Å². The van der Waals surface area contributed by atoms with Gasteiger partial charge in [0, 0.05) is 31.7 Å². The van der Waals surface area contributed by atoms with Crippen molar-refractivity contribution in [2.24, 2.45) is 5.92 Å². The number of nitrogens with zero attached hydrogens (tertiary/aromatic N) is 1. The zero-order valence-corrected chi connectivity index (χ0v) is 11.9. The van der Waals surface area contributed by atoms with E-state index in [0.29, 0.717) is 12.1 Å². The van der Waals surface area contributed by atoms with E-state index in [-0.39, 0.29) is 0 Å². The average molecular weight is 246 g/mol. The number of rotatable bonds is 4. The van der Waals surface area contributed by atoms with Crippen LogP contribution < -0.4 is 5.32 Å². The molecule has 1 saturated heterocycles. The average Bonchev–Trinajstić information content (AvgIpc) is 2.39. The fourth-order valence-corrected chi connectivity index (χ4v) is 2.86. The molecule has 2 nitrogen and oxygen atoms in total. The molecular formula is C16H26N2. The molecule has 0 amide bonds. The van der Waals surface area contributed by atoms with Gasteiger partial charge in [-0.15, -0.1) is 0 Å². The molecule has 0 spiro atoms. The summed E-state index contributed by atoms with van der Waals surface area (Å²) < 4.78 is 0. The molecule has 1 aromatic rings. The van der Waals surface area contributed by atoms with Gasteiger partial charge in [-0.25, -0.2) is 0 Å². The van der Waals surface area contributed by atoms with E-state index in [9.17, 15) is 0 Å². The van der Waals surface area contributed by atoms with Crippen molar-refractivity contribution in [2.75, 3.05) is 19.6 Å². The fourth-order valence-electron chi connectivity index (χ4n) is 2.86. The van der Waals surface area contributed by atoms with Gasteiger partial charge in [-0.3, -0.25) is 4.90 Å². The highest BCUT2D eigenvalue weighted by atomic mass is 15.2. The summed E-state index contributed by atoms with van der Waals surface area (Å²) in [5.41, 5.74) is 1.42. The number of hydrogen-bond donors (Lipinski definition) is 1. The molecule has 1 heterocycles. The molecule has 1 fully saturated rings. The maximum Gasteiger partial charge on any atom is 0.0449 e. The van der Waals surface area contributed by atoms with Crippen molar-refractivity contribution in [3.05, 3.63) is 35.9 Å². The van der Waals surface area contributed by atoms with Gasteiger partial charge in [0.2, 0.25) is 0 Å². The van der Waals surface area contributed by atoms with Crippen LogP contribution in [-0.2, 0) is 0 Å². The Bertz CT molecular complexity index is 347. The lowest BCUT2D eigenvalue weighted by atomic mass is 9.99. The molecule has 2 unspecified atom stereocenters. The minimum Gasteiger partial charge on any atom is -0.307 e. The molecule has 1 aliphatic rings. The van der Waals surface area contributed by atoms with E-state index < -0.39 is 0 Å². The number of hydrogen-bond acceptors (Lipinski definition) is 2. The van der Waals surface area contributed by atoms with Gasteiger partial charge in [-0.1, -0.05) is 51.1 Å². The minimum atomic E-state index is 0.493. The molecule has 0 aromatic heterocycles. The largest absolute Gasteiger partial charge is 0.307 e. The van der Waals surface area contributed by atoms with E-state index in [1.165, 1.54) is 18.5 Å². The zero-order chi connectivity index (χ0) is 13.0. The Morgan fingerprint density at radius 3 is 2.61 bits per heavy atom. The van der Waals surface area contributed by atoms with E-state index in [4.69, 9.17) is 0 Å². The van der Waals surface area contributed by atoms with Gasteiger partial charge < -0.3 is 5.32 Å². The summed E-state index contributed by atoms with van der Waals surface area (Å²) >= 11 is 0. The Morgan fingerprint density at radius 2 is 2.00 bits per heavy atom. The number of piperazine rings is 1. The summed E-state index contributed by atoms with van der Waals surface area (Å²) in [5.74, 6) is 0.744. The van der Waals surface area contributed by atoms with Crippen molar-refractivity contribution in [3.8, 4) is 0 Å². The molecule has 18 heavy (non-hydrogen) atoms. The van der Waals surface area contributed by atoms with Crippen LogP contribution in [0.5, 0.6) is 0 Å². The smallest absolute Gasteiger partial charge is 0.0449 e. The van der Waals surface area contributed by atoms with Crippen LogP contribution >= 0.6 is 0 Å². The van der Waals surface area contributed by atoms with Crippen LogP contribution in [0.3, 0.4) is 0 Å². The first-order chi connectivity index (χ1) is 8.70. The molecular weight excluding hydrogens is 220 g/mol. The molecule has 1 N–H and O–H groups in total. The normalized spacial score (nSPS) is 25.6. The van der Waals surface area contributed by atoms with Gasteiger partial charge in [-0.2, -0.15) is 0 Å². The highest BCUT2D eigenvalue weighted by Gasteiger charge is 2.27. The maximum atomic E-state index is 3.70. The molecule has 0 saturated carbocycles. The van der Waals surface area contributed by atoms with Gasteiger partial charge in [0.1, 0.15) is 0 Å². The van der Waals surface area contributed by atoms with Crippen LogP contribution in [0.2, 0.25) is 0 Å². The molecule has 0 bridgehead atoms. The van der Waals surface area contributed by atoms with Crippen LogP contribution in [0.4, 0.5) is 0 Å². The summed E-state index contributed by atoms with van der Waals surface area (Å²) in [4.78, 5) is 2.67. The first-order valence-electron chi connectivity index (χ1n) is 7.23. The van der Waals surface area contributed by atoms with Crippen molar-refractivity contribution in [3.63, 3.8) is 0 Å². The molecule has 2 rings (SSSR count). The van der Waals surface area contributed by atoms with E-state index >= 15 is 0 Å². The van der Waals surface area contributed by atoms with E-state index in [2.05, 4.69) is 61.3 Å². The maximum absolute atomic E-state index is 3.70. The molecule has 2 atom stereocenters. The molecule has 1 aliphatic heterocycles. The quantitative estimate of drug-likeness (QED) is 0.878. The van der Waals surface area contributed by atoms with Gasteiger partial charge in [0.25, 0.3) is 0 Å². The van der Waals surface area contributed by atoms with Gasteiger partial charge in [-0.05, 0) is 17.9 Å². The van der Waals surface area contributed by atoms with Gasteiger partial charge >= 0.3 is 0 Å². The monoisotopic (exact) mass is 246 g/mol. The summed E-state index contributed by atoms with van der Waals surface area (Å²) in [5, 5.41) is 3.70. The first kappa shape index (κ1) is 13.6. The zero-order valence-electron chi connectivity index (χ0n) is 11.9. The van der Waals surface area contributed by atoms with Crippen LogP contribution in [0.25, 0.3) is 0 Å². The Labute approximate surface area is 111 Å². The second-order valence-electron chi connectivity index (χ2n) is 5.78. The van der Waals surface area contributed by atoms with Crippen LogP contribution in [0.15, 0.2) is 30.3 Å². The van der Waals surface area contributed by atoms with Gasteiger partial charge in [0.15, 0.2) is 0 Å². The van der Waals surface area contributed by atoms with Crippen LogP contribution in [0.1, 0.15) is 38.8 Å². The third kappa shape index (κ3) is 3.33. The van der Waals surface area contributed by atoms with Crippen molar-refractivity contribution < 1.29 is 0 Å². The lowest BCUT2D eigenvalue weighted by molar-refractivity contribution is 0.113. The fraction of sp³-hybridized carbons (Fsp3) is 0.625.